The normalized spacial score (nSPS) is 35.5. The van der Waals surface area contributed by atoms with Crippen LogP contribution in [0.4, 0.5) is 0 Å². The number of esters is 2. The molecule has 0 amide bonds. The standard InChI is InChI=1S/C16H20O9/c1-8-21-12-9(7-20-11(18)6-5-10(17)19-4)23-15-14(13(12)22-8)24-16(2,3)25-15/h5-6,9,12-15H,1,7H2,2-4H3/b6-5+/t9-,12+,13+,14-,15-/m1/s1. The molecule has 0 N–H and O–H groups in total. The average Bonchev–Trinajstić information content (AvgIpc) is 3.08. The van der Waals surface area contributed by atoms with Gasteiger partial charge in [0, 0.05) is 12.2 Å². The van der Waals surface area contributed by atoms with Crippen molar-refractivity contribution in [2.24, 2.45) is 0 Å². The first-order chi connectivity index (χ1) is 11.8. The summed E-state index contributed by atoms with van der Waals surface area (Å²) in [6.07, 6.45) is -0.899. The van der Waals surface area contributed by atoms with E-state index < -0.39 is 48.4 Å². The van der Waals surface area contributed by atoms with Gasteiger partial charge in [0.25, 0.3) is 5.95 Å². The smallest absolute Gasteiger partial charge is 0.331 e. The van der Waals surface area contributed by atoms with Gasteiger partial charge >= 0.3 is 11.9 Å². The molecule has 0 aromatic rings. The van der Waals surface area contributed by atoms with E-state index in [9.17, 15) is 9.59 Å². The second-order valence-electron chi connectivity index (χ2n) is 6.17. The molecule has 25 heavy (non-hydrogen) atoms. The molecule has 0 unspecified atom stereocenters. The highest BCUT2D eigenvalue weighted by atomic mass is 16.8. The monoisotopic (exact) mass is 356 g/mol. The third-order valence-corrected chi connectivity index (χ3v) is 3.89. The Morgan fingerprint density at radius 1 is 1.12 bits per heavy atom. The van der Waals surface area contributed by atoms with Crippen LogP contribution in [0.25, 0.3) is 0 Å². The van der Waals surface area contributed by atoms with E-state index in [-0.39, 0.29) is 12.6 Å². The fourth-order valence-corrected chi connectivity index (χ4v) is 2.89. The van der Waals surface area contributed by atoms with Crippen molar-refractivity contribution in [3.63, 3.8) is 0 Å². The molecule has 3 aliphatic rings. The van der Waals surface area contributed by atoms with Crippen LogP contribution < -0.4 is 0 Å². The first-order valence-corrected chi connectivity index (χ1v) is 7.75. The van der Waals surface area contributed by atoms with Crippen molar-refractivity contribution in [2.75, 3.05) is 13.7 Å². The van der Waals surface area contributed by atoms with Crippen molar-refractivity contribution < 1.29 is 42.7 Å². The molecule has 3 aliphatic heterocycles. The maximum absolute atomic E-state index is 11.7. The minimum Gasteiger partial charge on any atom is -0.466 e. The number of carbonyl (C=O) groups excluding carboxylic acids is 2. The zero-order chi connectivity index (χ0) is 18.2. The largest absolute Gasteiger partial charge is 0.466 e. The molecule has 3 heterocycles. The summed E-state index contributed by atoms with van der Waals surface area (Å²) in [4.78, 5) is 22.7. The minimum atomic E-state index is -0.831. The van der Waals surface area contributed by atoms with E-state index >= 15 is 0 Å². The molecule has 3 fully saturated rings. The summed E-state index contributed by atoms with van der Waals surface area (Å²) in [5.74, 6) is -2.05. The number of carbonyl (C=O) groups is 2. The van der Waals surface area contributed by atoms with E-state index in [1.807, 2.05) is 0 Å². The van der Waals surface area contributed by atoms with Gasteiger partial charge in [-0.1, -0.05) is 0 Å². The molecule has 5 atom stereocenters. The zero-order valence-electron chi connectivity index (χ0n) is 14.1. The third-order valence-electron chi connectivity index (χ3n) is 3.89. The first-order valence-electron chi connectivity index (χ1n) is 7.75. The van der Waals surface area contributed by atoms with Crippen molar-refractivity contribution in [2.45, 2.75) is 50.3 Å². The highest BCUT2D eigenvalue weighted by Crippen LogP contribution is 2.42. The second-order valence-corrected chi connectivity index (χ2v) is 6.17. The van der Waals surface area contributed by atoms with Crippen LogP contribution in [0.3, 0.4) is 0 Å². The molecule has 0 aliphatic carbocycles. The van der Waals surface area contributed by atoms with Crippen LogP contribution >= 0.6 is 0 Å². The van der Waals surface area contributed by atoms with Gasteiger partial charge in [-0.05, 0) is 20.4 Å². The molecule has 0 aromatic heterocycles. The van der Waals surface area contributed by atoms with Gasteiger partial charge in [0.2, 0.25) is 0 Å². The number of hydrogen-bond donors (Lipinski definition) is 0. The highest BCUT2D eigenvalue weighted by molar-refractivity contribution is 5.91. The molecule has 138 valence electrons. The molecular weight excluding hydrogens is 336 g/mol. The molecule has 0 spiro atoms. The Hall–Kier alpha value is -2.10. The fourth-order valence-electron chi connectivity index (χ4n) is 2.89. The van der Waals surface area contributed by atoms with E-state index in [4.69, 9.17) is 28.4 Å². The zero-order valence-corrected chi connectivity index (χ0v) is 14.1. The number of hydrogen-bond acceptors (Lipinski definition) is 9. The number of rotatable bonds is 4. The Morgan fingerprint density at radius 2 is 1.80 bits per heavy atom. The van der Waals surface area contributed by atoms with E-state index in [0.717, 1.165) is 12.2 Å². The molecular formula is C16H20O9. The van der Waals surface area contributed by atoms with Gasteiger partial charge in [0.15, 0.2) is 30.4 Å². The van der Waals surface area contributed by atoms with Gasteiger partial charge in [-0.15, -0.1) is 0 Å². The summed E-state index contributed by atoms with van der Waals surface area (Å²) in [6.45, 7) is 7.06. The summed E-state index contributed by atoms with van der Waals surface area (Å²) in [5, 5.41) is 0. The summed E-state index contributed by atoms with van der Waals surface area (Å²) < 4.78 is 37.9. The Kier molecular flexibility index (Phi) is 4.72. The van der Waals surface area contributed by atoms with E-state index in [2.05, 4.69) is 11.3 Å². The molecule has 0 saturated carbocycles. The lowest BCUT2D eigenvalue weighted by molar-refractivity contribution is -0.240. The summed E-state index contributed by atoms with van der Waals surface area (Å²) in [5.41, 5.74) is 0. The fraction of sp³-hybridized carbons (Fsp3) is 0.625. The quantitative estimate of drug-likeness (QED) is 0.523. The predicted molar refractivity (Wildman–Crippen MR) is 79.7 cm³/mol. The lowest BCUT2D eigenvalue weighted by Gasteiger charge is -2.35. The highest BCUT2D eigenvalue weighted by Gasteiger charge is 2.59. The van der Waals surface area contributed by atoms with Gasteiger partial charge in [-0.25, -0.2) is 9.59 Å². The Labute approximate surface area is 144 Å². The van der Waals surface area contributed by atoms with E-state index in [1.54, 1.807) is 13.8 Å². The Balaban J connectivity index is 1.63. The van der Waals surface area contributed by atoms with Crippen LogP contribution in [0.5, 0.6) is 0 Å². The molecule has 0 bridgehead atoms. The summed E-state index contributed by atoms with van der Waals surface area (Å²) >= 11 is 0. The van der Waals surface area contributed by atoms with Gasteiger partial charge in [0.1, 0.15) is 12.7 Å². The second kappa shape index (κ2) is 6.66. The number of fused-ring (bicyclic) bond motifs is 3. The molecule has 9 nitrogen and oxygen atoms in total. The Bertz CT molecular complexity index is 596. The van der Waals surface area contributed by atoms with Crippen LogP contribution in [0.1, 0.15) is 13.8 Å². The Morgan fingerprint density at radius 3 is 2.52 bits per heavy atom. The van der Waals surface area contributed by atoms with Gasteiger partial charge < -0.3 is 33.2 Å². The molecule has 0 radical (unpaired) electrons. The van der Waals surface area contributed by atoms with Crippen molar-refractivity contribution in [3.8, 4) is 0 Å². The van der Waals surface area contributed by atoms with Crippen LogP contribution in [-0.2, 0) is 42.7 Å². The summed E-state index contributed by atoms with van der Waals surface area (Å²) in [6, 6.07) is 0. The van der Waals surface area contributed by atoms with E-state index in [0.29, 0.717) is 0 Å². The number of methoxy groups -OCH3 is 1. The molecule has 0 aromatic carbocycles. The maximum atomic E-state index is 11.7. The topological polar surface area (TPSA) is 98.8 Å². The lowest BCUT2D eigenvalue weighted by Crippen LogP contribution is -2.56. The number of ether oxygens (including phenoxy) is 7. The van der Waals surface area contributed by atoms with Crippen molar-refractivity contribution in [1.29, 1.82) is 0 Å². The molecule has 3 saturated heterocycles. The van der Waals surface area contributed by atoms with E-state index in [1.165, 1.54) is 7.11 Å². The SMILES string of the molecule is C=C1O[C@H]2[C@@H](O1)[C@@H](COC(=O)/C=C/C(=O)OC)O[C@@H]1OC(C)(C)O[C@@H]12. The van der Waals surface area contributed by atoms with Crippen LogP contribution in [-0.4, -0.2) is 62.1 Å². The van der Waals surface area contributed by atoms with Crippen molar-refractivity contribution in [1.82, 2.24) is 0 Å². The summed E-state index contributed by atoms with van der Waals surface area (Å²) in [7, 11) is 1.21. The third kappa shape index (κ3) is 3.78. The van der Waals surface area contributed by atoms with Crippen LogP contribution in [0, 0.1) is 0 Å². The maximum Gasteiger partial charge on any atom is 0.331 e. The average molecular weight is 356 g/mol. The predicted octanol–water partition coefficient (Wildman–Crippen LogP) is 0.390. The van der Waals surface area contributed by atoms with Gasteiger partial charge in [-0.2, -0.15) is 0 Å². The first kappa shape index (κ1) is 17.7. The van der Waals surface area contributed by atoms with Crippen LogP contribution in [0.15, 0.2) is 24.7 Å². The van der Waals surface area contributed by atoms with Crippen molar-refractivity contribution in [3.05, 3.63) is 24.7 Å². The minimum absolute atomic E-state index is 0.116. The van der Waals surface area contributed by atoms with Gasteiger partial charge in [0.05, 0.1) is 7.11 Å². The van der Waals surface area contributed by atoms with Crippen LogP contribution in [0.2, 0.25) is 0 Å². The molecule has 3 rings (SSSR count). The van der Waals surface area contributed by atoms with Gasteiger partial charge in [-0.3, -0.25) is 0 Å². The lowest BCUT2D eigenvalue weighted by atomic mass is 9.99. The molecule has 9 heteroatoms. The van der Waals surface area contributed by atoms with Crippen molar-refractivity contribution >= 4 is 11.9 Å².